The van der Waals surface area contributed by atoms with Gasteiger partial charge in [0, 0.05) is 11.0 Å². The summed E-state index contributed by atoms with van der Waals surface area (Å²) in [6, 6.07) is 5.32. The monoisotopic (exact) mass is 345 g/mol. The number of amides is 1. The summed E-state index contributed by atoms with van der Waals surface area (Å²) in [7, 11) is 0. The maximum absolute atomic E-state index is 12.7. The van der Waals surface area contributed by atoms with Crippen LogP contribution in [-0.2, 0) is 4.74 Å². The van der Waals surface area contributed by atoms with Crippen LogP contribution in [0.25, 0.3) is 0 Å². The Hall–Kier alpha value is -0.580. The number of benzene rings is 1. The van der Waals surface area contributed by atoms with Gasteiger partial charge in [-0.05, 0) is 39.0 Å². The molecule has 5 heteroatoms. The number of hydrogen-bond acceptors (Lipinski definition) is 2. The molecule has 1 fully saturated rings. The Kier molecular flexibility index (Phi) is 4.23. The minimum atomic E-state index is -0.324. The Bertz CT molecular complexity index is 504. The first kappa shape index (κ1) is 14.8. The van der Waals surface area contributed by atoms with E-state index in [-0.39, 0.29) is 17.6 Å². The number of carbonyl (C=O) groups is 1. The van der Waals surface area contributed by atoms with Crippen molar-refractivity contribution in [3.63, 3.8) is 0 Å². The van der Waals surface area contributed by atoms with Crippen LogP contribution in [0.3, 0.4) is 0 Å². The molecule has 1 amide bonds. The third-order valence-corrected chi connectivity index (χ3v) is 4.12. The first-order chi connectivity index (χ1) is 8.81. The number of halogens is 2. The van der Waals surface area contributed by atoms with E-state index in [9.17, 15) is 4.79 Å². The molecule has 2 rings (SSSR count). The zero-order valence-corrected chi connectivity index (χ0v) is 13.6. The van der Waals surface area contributed by atoms with Gasteiger partial charge in [-0.1, -0.05) is 27.5 Å². The summed E-state index contributed by atoms with van der Waals surface area (Å²) in [5.74, 6) is -0.0496. The van der Waals surface area contributed by atoms with Gasteiger partial charge in [-0.3, -0.25) is 4.79 Å². The summed E-state index contributed by atoms with van der Waals surface area (Å²) in [6.45, 7) is 7.09. The van der Waals surface area contributed by atoms with Crippen LogP contribution < -0.4 is 0 Å². The van der Waals surface area contributed by atoms with Crippen molar-refractivity contribution < 1.29 is 9.53 Å². The minimum Gasteiger partial charge on any atom is -0.374 e. The van der Waals surface area contributed by atoms with Gasteiger partial charge in [0.1, 0.15) is 0 Å². The summed E-state index contributed by atoms with van der Waals surface area (Å²) < 4.78 is 6.47. The maximum atomic E-state index is 12.7. The predicted octanol–water partition coefficient (Wildman–Crippen LogP) is 3.74. The van der Waals surface area contributed by atoms with E-state index in [0.29, 0.717) is 23.7 Å². The zero-order chi connectivity index (χ0) is 14.2. The molecule has 1 aliphatic rings. The van der Waals surface area contributed by atoms with Gasteiger partial charge in [-0.25, -0.2) is 0 Å². The smallest absolute Gasteiger partial charge is 0.256 e. The van der Waals surface area contributed by atoms with Crippen molar-refractivity contribution in [2.24, 2.45) is 0 Å². The third-order valence-electron chi connectivity index (χ3n) is 3.30. The standard InChI is InChI=1S/C14H17BrClNO2/c1-9-7-17(14(2,3)8-19-9)13(18)11-6-10(15)4-5-12(11)16/h4-6,9H,7-8H2,1-3H3. The lowest BCUT2D eigenvalue weighted by molar-refractivity contribution is -0.0755. The van der Waals surface area contributed by atoms with Crippen LogP contribution in [0.1, 0.15) is 31.1 Å². The highest BCUT2D eigenvalue weighted by Gasteiger charge is 2.37. The molecule has 0 bridgehead atoms. The second-order valence-corrected chi connectivity index (χ2v) is 6.80. The number of rotatable bonds is 1. The topological polar surface area (TPSA) is 29.5 Å². The molecular formula is C14H17BrClNO2. The maximum Gasteiger partial charge on any atom is 0.256 e. The van der Waals surface area contributed by atoms with Gasteiger partial charge in [-0.15, -0.1) is 0 Å². The molecule has 3 nitrogen and oxygen atoms in total. The molecule has 0 N–H and O–H groups in total. The van der Waals surface area contributed by atoms with E-state index in [2.05, 4.69) is 15.9 Å². The molecule has 19 heavy (non-hydrogen) atoms. The number of nitrogens with zero attached hydrogens (tertiary/aromatic N) is 1. The molecule has 1 saturated heterocycles. The van der Waals surface area contributed by atoms with E-state index in [0.717, 1.165) is 4.47 Å². The van der Waals surface area contributed by atoms with Crippen molar-refractivity contribution in [3.8, 4) is 0 Å². The van der Waals surface area contributed by atoms with Crippen molar-refractivity contribution >= 4 is 33.4 Å². The fourth-order valence-electron chi connectivity index (χ4n) is 2.15. The van der Waals surface area contributed by atoms with Gasteiger partial charge < -0.3 is 9.64 Å². The Morgan fingerprint density at radius 3 is 2.89 bits per heavy atom. The van der Waals surface area contributed by atoms with Crippen LogP contribution in [0.5, 0.6) is 0 Å². The highest BCUT2D eigenvalue weighted by Crippen LogP contribution is 2.28. The molecule has 1 heterocycles. The quantitative estimate of drug-likeness (QED) is 0.775. The molecule has 1 aromatic carbocycles. The molecule has 0 aliphatic carbocycles. The van der Waals surface area contributed by atoms with E-state index in [4.69, 9.17) is 16.3 Å². The predicted molar refractivity (Wildman–Crippen MR) is 79.7 cm³/mol. The SMILES string of the molecule is CC1CN(C(=O)c2cc(Br)ccc2Cl)C(C)(C)CO1. The molecule has 0 saturated carbocycles. The van der Waals surface area contributed by atoms with Crippen LogP contribution in [0, 0.1) is 0 Å². The Morgan fingerprint density at radius 2 is 2.21 bits per heavy atom. The Labute approximate surface area is 127 Å². The molecular weight excluding hydrogens is 330 g/mol. The summed E-state index contributed by atoms with van der Waals surface area (Å²) >= 11 is 9.52. The third kappa shape index (κ3) is 3.12. The first-order valence-electron chi connectivity index (χ1n) is 6.20. The zero-order valence-electron chi connectivity index (χ0n) is 11.2. The van der Waals surface area contributed by atoms with Crippen LogP contribution in [0.2, 0.25) is 5.02 Å². The molecule has 1 unspecified atom stereocenters. The molecule has 0 radical (unpaired) electrons. The number of hydrogen-bond donors (Lipinski definition) is 0. The Morgan fingerprint density at radius 1 is 1.53 bits per heavy atom. The molecule has 1 aliphatic heterocycles. The van der Waals surface area contributed by atoms with Gasteiger partial charge >= 0.3 is 0 Å². The second kappa shape index (κ2) is 5.43. The summed E-state index contributed by atoms with van der Waals surface area (Å²) in [4.78, 5) is 14.5. The van der Waals surface area contributed by atoms with Crippen LogP contribution in [-0.4, -0.2) is 35.6 Å². The van der Waals surface area contributed by atoms with Crippen LogP contribution in [0.15, 0.2) is 22.7 Å². The Balaban J connectivity index is 2.34. The minimum absolute atomic E-state index is 0.0444. The lowest BCUT2D eigenvalue weighted by Gasteiger charge is -2.44. The average molecular weight is 347 g/mol. The van der Waals surface area contributed by atoms with E-state index < -0.39 is 0 Å². The molecule has 1 aromatic rings. The van der Waals surface area contributed by atoms with E-state index in [1.54, 1.807) is 12.1 Å². The number of morpholine rings is 1. The fraction of sp³-hybridized carbons (Fsp3) is 0.500. The second-order valence-electron chi connectivity index (χ2n) is 5.47. The molecule has 0 aromatic heterocycles. The summed E-state index contributed by atoms with van der Waals surface area (Å²) in [5.41, 5.74) is 0.202. The number of ether oxygens (including phenoxy) is 1. The van der Waals surface area contributed by atoms with E-state index >= 15 is 0 Å². The first-order valence-corrected chi connectivity index (χ1v) is 7.37. The van der Waals surface area contributed by atoms with E-state index in [1.165, 1.54) is 0 Å². The molecule has 0 spiro atoms. The van der Waals surface area contributed by atoms with Crippen molar-refractivity contribution in [1.29, 1.82) is 0 Å². The highest BCUT2D eigenvalue weighted by molar-refractivity contribution is 9.10. The van der Waals surface area contributed by atoms with Crippen LogP contribution in [0.4, 0.5) is 0 Å². The summed E-state index contributed by atoms with van der Waals surface area (Å²) in [6.07, 6.45) is 0.0444. The number of carbonyl (C=O) groups excluding carboxylic acids is 1. The van der Waals surface area contributed by atoms with Gasteiger partial charge in [0.25, 0.3) is 5.91 Å². The fourth-order valence-corrected chi connectivity index (χ4v) is 2.71. The summed E-state index contributed by atoms with van der Waals surface area (Å²) in [5, 5.41) is 0.475. The largest absolute Gasteiger partial charge is 0.374 e. The highest BCUT2D eigenvalue weighted by atomic mass is 79.9. The van der Waals surface area contributed by atoms with Gasteiger partial charge in [0.2, 0.25) is 0 Å². The normalized spacial score (nSPS) is 22.4. The van der Waals surface area contributed by atoms with Gasteiger partial charge in [0.15, 0.2) is 0 Å². The van der Waals surface area contributed by atoms with Gasteiger partial charge in [-0.2, -0.15) is 0 Å². The lowest BCUT2D eigenvalue weighted by Crippen LogP contribution is -2.57. The van der Waals surface area contributed by atoms with Crippen molar-refractivity contribution in [2.75, 3.05) is 13.2 Å². The van der Waals surface area contributed by atoms with Crippen LogP contribution >= 0.6 is 27.5 Å². The molecule has 1 atom stereocenters. The van der Waals surface area contributed by atoms with Gasteiger partial charge in [0.05, 0.1) is 28.8 Å². The van der Waals surface area contributed by atoms with Crippen molar-refractivity contribution in [3.05, 3.63) is 33.3 Å². The van der Waals surface area contributed by atoms with Crippen molar-refractivity contribution in [1.82, 2.24) is 4.90 Å². The average Bonchev–Trinajstić information content (AvgIpc) is 2.34. The van der Waals surface area contributed by atoms with Crippen molar-refractivity contribution in [2.45, 2.75) is 32.4 Å². The van der Waals surface area contributed by atoms with E-state index in [1.807, 2.05) is 31.7 Å². The lowest BCUT2D eigenvalue weighted by atomic mass is 9.99. The molecule has 104 valence electrons.